The van der Waals surface area contributed by atoms with Crippen LogP contribution in [0.15, 0.2) is 41.6 Å². The lowest BCUT2D eigenvalue weighted by molar-refractivity contribution is -0.129. The van der Waals surface area contributed by atoms with Gasteiger partial charge in [-0.2, -0.15) is 0 Å². The predicted octanol–water partition coefficient (Wildman–Crippen LogP) is 4.41. The van der Waals surface area contributed by atoms with Crippen molar-refractivity contribution in [3.05, 3.63) is 57.6 Å². The van der Waals surface area contributed by atoms with Gasteiger partial charge < -0.3 is 19.4 Å². The first kappa shape index (κ1) is 19.9. The fourth-order valence-corrected chi connectivity index (χ4v) is 2.81. The van der Waals surface area contributed by atoms with Crippen LogP contribution in [0.5, 0.6) is 11.5 Å². The molecule has 0 aromatic heterocycles. The second-order valence-electron chi connectivity index (χ2n) is 5.02. The largest absolute Gasteiger partial charge is 0.491 e. The van der Waals surface area contributed by atoms with E-state index in [1.165, 1.54) is 7.11 Å². The quantitative estimate of drug-likeness (QED) is 0.527. The molecule has 1 N–H and O–H groups in total. The molecule has 2 aromatic carbocycles. The van der Waals surface area contributed by atoms with Crippen molar-refractivity contribution in [2.24, 2.45) is 5.16 Å². The van der Waals surface area contributed by atoms with E-state index >= 15 is 0 Å². The van der Waals surface area contributed by atoms with Gasteiger partial charge in [-0.3, -0.25) is 0 Å². The van der Waals surface area contributed by atoms with Crippen molar-refractivity contribution >= 4 is 34.9 Å². The van der Waals surface area contributed by atoms with Crippen molar-refractivity contribution in [3.8, 4) is 11.5 Å². The number of carboxylic acid groups (broad SMARTS) is 1. The van der Waals surface area contributed by atoms with Crippen LogP contribution >= 0.6 is 23.2 Å². The predicted molar refractivity (Wildman–Crippen MR) is 99.6 cm³/mol. The molecule has 6 nitrogen and oxygen atoms in total. The smallest absolute Gasteiger partial charge is 0.358 e. The number of rotatable bonds is 8. The van der Waals surface area contributed by atoms with E-state index in [4.69, 9.17) is 32.7 Å². The van der Waals surface area contributed by atoms with Gasteiger partial charge in [0.2, 0.25) is 0 Å². The topological polar surface area (TPSA) is 77.3 Å². The highest BCUT2D eigenvalue weighted by Crippen LogP contribution is 2.37. The summed E-state index contributed by atoms with van der Waals surface area (Å²) >= 11 is 12.3. The number of hydrogen-bond donors (Lipinski definition) is 1. The van der Waals surface area contributed by atoms with Crippen molar-refractivity contribution in [2.45, 2.75) is 13.5 Å². The summed E-state index contributed by atoms with van der Waals surface area (Å²) in [4.78, 5) is 16.0. The van der Waals surface area contributed by atoms with Crippen molar-refractivity contribution in [1.29, 1.82) is 0 Å². The van der Waals surface area contributed by atoms with Gasteiger partial charge in [0.15, 0.2) is 11.5 Å². The Morgan fingerprint density at radius 2 is 1.81 bits per heavy atom. The summed E-state index contributed by atoms with van der Waals surface area (Å²) in [5, 5.41) is 13.6. The number of ether oxygens (including phenoxy) is 2. The molecule has 0 fully saturated rings. The minimum absolute atomic E-state index is 0.0901. The van der Waals surface area contributed by atoms with Crippen LogP contribution in [-0.2, 0) is 16.2 Å². The average molecular weight is 398 g/mol. The Balaban J connectivity index is 2.26. The first-order valence-corrected chi connectivity index (χ1v) is 8.40. The molecule has 2 rings (SSSR count). The Morgan fingerprint density at radius 1 is 1.15 bits per heavy atom. The lowest BCUT2D eigenvalue weighted by atomic mass is 10.0. The van der Waals surface area contributed by atoms with Gasteiger partial charge in [-0.1, -0.05) is 52.6 Å². The highest BCUT2D eigenvalue weighted by atomic mass is 35.5. The molecule has 8 heteroatoms. The molecule has 0 spiro atoms. The molecule has 0 aliphatic rings. The Hall–Kier alpha value is -2.44. The lowest BCUT2D eigenvalue weighted by Crippen LogP contribution is -2.17. The van der Waals surface area contributed by atoms with Gasteiger partial charge in [0.05, 0.1) is 16.7 Å². The zero-order valence-corrected chi connectivity index (χ0v) is 15.7. The Bertz CT molecular complexity index is 800. The SMILES string of the molecule is CCOc1c(Cl)cc(OCc2ccccc2C(=NOC)C(=O)O)cc1Cl. The van der Waals surface area contributed by atoms with Crippen LogP contribution in [0.1, 0.15) is 18.1 Å². The number of oxime groups is 1. The number of carbonyl (C=O) groups is 1. The zero-order valence-electron chi connectivity index (χ0n) is 14.2. The van der Waals surface area contributed by atoms with E-state index in [1.807, 2.05) is 6.92 Å². The third kappa shape index (κ3) is 4.80. The van der Waals surface area contributed by atoms with E-state index in [0.717, 1.165) is 0 Å². The molecular weight excluding hydrogens is 381 g/mol. The number of benzene rings is 2. The minimum atomic E-state index is -1.20. The number of carboxylic acids is 1. The maximum atomic E-state index is 11.4. The standard InChI is InChI=1S/C18H17Cl2NO5/c1-3-25-17-14(19)8-12(9-15(17)20)26-10-11-6-4-5-7-13(11)16(18(22)23)21-24-2/h4-9H,3,10H2,1-2H3,(H,22,23). The number of nitrogens with zero attached hydrogens (tertiary/aromatic N) is 1. The van der Waals surface area contributed by atoms with Crippen molar-refractivity contribution < 1.29 is 24.2 Å². The van der Waals surface area contributed by atoms with Crippen LogP contribution in [0.25, 0.3) is 0 Å². The molecule has 0 unspecified atom stereocenters. The van der Waals surface area contributed by atoms with Gasteiger partial charge >= 0.3 is 5.97 Å². The highest BCUT2D eigenvalue weighted by molar-refractivity contribution is 6.42. The van der Waals surface area contributed by atoms with E-state index in [0.29, 0.717) is 39.3 Å². The second-order valence-corrected chi connectivity index (χ2v) is 5.84. The normalized spacial score (nSPS) is 11.2. The Morgan fingerprint density at radius 3 is 2.38 bits per heavy atom. The molecule has 0 atom stereocenters. The molecule has 2 aromatic rings. The molecule has 0 aliphatic heterocycles. The third-order valence-corrected chi connectivity index (χ3v) is 3.87. The Kier molecular flexibility index (Phi) is 7.12. The summed E-state index contributed by atoms with van der Waals surface area (Å²) in [6.45, 7) is 2.35. The van der Waals surface area contributed by atoms with Gasteiger partial charge in [0, 0.05) is 17.7 Å². The first-order valence-electron chi connectivity index (χ1n) is 7.65. The number of hydrogen-bond acceptors (Lipinski definition) is 5. The zero-order chi connectivity index (χ0) is 19.1. The van der Waals surface area contributed by atoms with Gasteiger partial charge in [-0.25, -0.2) is 4.79 Å². The fraction of sp³-hybridized carbons (Fsp3) is 0.222. The molecule has 0 bridgehead atoms. The fourth-order valence-electron chi connectivity index (χ4n) is 2.24. The summed E-state index contributed by atoms with van der Waals surface area (Å²) in [6, 6.07) is 10.0. The van der Waals surface area contributed by atoms with Gasteiger partial charge in [-0.15, -0.1) is 0 Å². The van der Waals surface area contributed by atoms with Crippen LogP contribution in [0.3, 0.4) is 0 Å². The van der Waals surface area contributed by atoms with E-state index < -0.39 is 5.97 Å². The molecule has 138 valence electrons. The molecule has 0 aliphatic carbocycles. The van der Waals surface area contributed by atoms with Gasteiger partial charge in [0.1, 0.15) is 19.5 Å². The molecule has 0 radical (unpaired) electrons. The van der Waals surface area contributed by atoms with Crippen LogP contribution in [0.2, 0.25) is 10.0 Å². The van der Waals surface area contributed by atoms with E-state index in [9.17, 15) is 9.90 Å². The second kappa shape index (κ2) is 9.31. The minimum Gasteiger partial charge on any atom is -0.491 e. The van der Waals surface area contributed by atoms with E-state index in [1.54, 1.807) is 36.4 Å². The number of halogens is 2. The molecule has 0 amide bonds. The summed E-state index contributed by atoms with van der Waals surface area (Å²) in [6.07, 6.45) is 0. The maximum absolute atomic E-state index is 11.4. The summed E-state index contributed by atoms with van der Waals surface area (Å²) < 4.78 is 11.1. The summed E-state index contributed by atoms with van der Waals surface area (Å²) in [7, 11) is 1.28. The van der Waals surface area contributed by atoms with Crippen LogP contribution < -0.4 is 9.47 Å². The van der Waals surface area contributed by atoms with Crippen molar-refractivity contribution in [1.82, 2.24) is 0 Å². The van der Waals surface area contributed by atoms with Crippen molar-refractivity contribution in [2.75, 3.05) is 13.7 Å². The summed E-state index contributed by atoms with van der Waals surface area (Å²) in [5.74, 6) is -0.380. The summed E-state index contributed by atoms with van der Waals surface area (Å²) in [5.41, 5.74) is 0.797. The molecular formula is C18H17Cl2NO5. The Labute approximate surface area is 160 Å². The van der Waals surface area contributed by atoms with Crippen LogP contribution in [0, 0.1) is 0 Å². The van der Waals surface area contributed by atoms with Gasteiger partial charge in [-0.05, 0) is 12.5 Å². The number of aliphatic carboxylic acids is 1. The van der Waals surface area contributed by atoms with Crippen molar-refractivity contribution in [3.63, 3.8) is 0 Å². The molecule has 0 saturated carbocycles. The van der Waals surface area contributed by atoms with E-state index in [-0.39, 0.29) is 12.3 Å². The first-order chi connectivity index (χ1) is 12.5. The monoisotopic (exact) mass is 397 g/mol. The average Bonchev–Trinajstić information content (AvgIpc) is 2.61. The molecule has 26 heavy (non-hydrogen) atoms. The van der Waals surface area contributed by atoms with Gasteiger partial charge in [0.25, 0.3) is 0 Å². The third-order valence-electron chi connectivity index (χ3n) is 3.31. The van der Waals surface area contributed by atoms with Crippen LogP contribution in [0.4, 0.5) is 0 Å². The highest BCUT2D eigenvalue weighted by Gasteiger charge is 2.18. The van der Waals surface area contributed by atoms with E-state index in [2.05, 4.69) is 9.99 Å². The van der Waals surface area contributed by atoms with Crippen LogP contribution in [-0.4, -0.2) is 30.5 Å². The molecule has 0 saturated heterocycles. The maximum Gasteiger partial charge on any atom is 0.358 e. The molecule has 0 heterocycles. The lowest BCUT2D eigenvalue weighted by Gasteiger charge is -2.13.